The predicted molar refractivity (Wildman–Crippen MR) is 182 cm³/mol. The lowest BCUT2D eigenvalue weighted by molar-refractivity contribution is -0.302. The molecule has 5 aliphatic carbocycles. The number of allylic oxidation sites excluding steroid dienone is 1. The largest absolute Gasteiger partial charge is 0.508 e. The number of hydrogen-bond donors (Lipinski definition) is 5. The van der Waals surface area contributed by atoms with Gasteiger partial charge in [0.05, 0.1) is 13.2 Å². The molecule has 0 bridgehead atoms. The zero-order chi connectivity index (χ0) is 35.7. The second kappa shape index (κ2) is 13.3. The first-order valence-electron chi connectivity index (χ1n) is 19.0. The van der Waals surface area contributed by atoms with Crippen molar-refractivity contribution in [2.75, 3.05) is 26.4 Å². The van der Waals surface area contributed by atoms with Crippen molar-refractivity contribution in [2.45, 2.75) is 143 Å². The summed E-state index contributed by atoms with van der Waals surface area (Å²) in [5.74, 6) is 2.61. The molecule has 5 saturated carbocycles. The van der Waals surface area contributed by atoms with Gasteiger partial charge in [-0.15, -0.1) is 0 Å². The van der Waals surface area contributed by atoms with E-state index in [1.54, 1.807) is 0 Å². The minimum absolute atomic E-state index is 0.0517. The fourth-order valence-corrected chi connectivity index (χ4v) is 13.4. The monoisotopic (exact) mass is 692 g/mol. The van der Waals surface area contributed by atoms with Gasteiger partial charge in [0.2, 0.25) is 0 Å². The smallest absolute Gasteiger partial charge is 0.432 e. The molecule has 1 heterocycles. The Morgan fingerprint density at radius 1 is 0.816 bits per heavy atom. The minimum Gasteiger partial charge on any atom is -0.432 e. The van der Waals surface area contributed by atoms with Gasteiger partial charge in [-0.2, -0.15) is 0 Å². The van der Waals surface area contributed by atoms with Crippen LogP contribution < -0.4 is 0 Å². The van der Waals surface area contributed by atoms with Crippen molar-refractivity contribution < 1.29 is 49.3 Å². The summed E-state index contributed by atoms with van der Waals surface area (Å²) in [5.41, 5.74) is 1.65. The summed E-state index contributed by atoms with van der Waals surface area (Å²) < 4.78 is 22.2. The van der Waals surface area contributed by atoms with Crippen LogP contribution in [0, 0.1) is 56.7 Å². The predicted octanol–water partition coefficient (Wildman–Crippen LogP) is 4.97. The van der Waals surface area contributed by atoms with E-state index in [0.717, 1.165) is 44.9 Å². The molecular weight excluding hydrogens is 628 g/mol. The van der Waals surface area contributed by atoms with Gasteiger partial charge in [0.1, 0.15) is 37.1 Å². The van der Waals surface area contributed by atoms with E-state index in [1.165, 1.54) is 24.8 Å². The van der Waals surface area contributed by atoms with Crippen molar-refractivity contribution in [3.8, 4) is 0 Å². The van der Waals surface area contributed by atoms with Gasteiger partial charge in [-0.25, -0.2) is 4.79 Å². The Labute approximate surface area is 292 Å². The first-order valence-corrected chi connectivity index (χ1v) is 19.0. The van der Waals surface area contributed by atoms with Gasteiger partial charge in [0.25, 0.3) is 0 Å². The molecule has 0 aromatic rings. The SMILES string of the molecule is C=C(C)[C@@H]1CC[C@]2(CO)CC[C@]3(C)C(CCC4[C@@]5(C)CCC(OC(=O)OCCO[C@@H]6O[C@H](CO)[C@@H](O)[C@H](O)[C@H]6O)C(C)(C)C5CC[C@]43C)C12. The molecule has 0 spiro atoms. The van der Waals surface area contributed by atoms with E-state index in [0.29, 0.717) is 36.2 Å². The van der Waals surface area contributed by atoms with Gasteiger partial charge in [0.15, 0.2) is 6.29 Å². The van der Waals surface area contributed by atoms with E-state index in [1.807, 2.05) is 0 Å². The Balaban J connectivity index is 1.09. The zero-order valence-corrected chi connectivity index (χ0v) is 30.7. The maximum absolute atomic E-state index is 12.9. The number of aliphatic hydroxyl groups excluding tert-OH is 5. The fourth-order valence-electron chi connectivity index (χ4n) is 13.4. The third-order valence-corrected chi connectivity index (χ3v) is 16.2. The van der Waals surface area contributed by atoms with Crippen molar-refractivity contribution in [2.24, 2.45) is 56.7 Å². The number of aliphatic hydroxyl groups is 5. The zero-order valence-electron chi connectivity index (χ0n) is 30.7. The minimum atomic E-state index is -1.54. The molecule has 10 nitrogen and oxygen atoms in total. The highest BCUT2D eigenvalue weighted by Crippen LogP contribution is 2.77. The second-order valence-corrected chi connectivity index (χ2v) is 18.3. The van der Waals surface area contributed by atoms with E-state index in [2.05, 4.69) is 48.1 Å². The first-order chi connectivity index (χ1) is 23.0. The summed E-state index contributed by atoms with van der Waals surface area (Å²) >= 11 is 0. The number of fused-ring (bicyclic) bond motifs is 7. The third kappa shape index (κ3) is 5.73. The maximum Gasteiger partial charge on any atom is 0.508 e. The lowest BCUT2D eigenvalue weighted by atomic mass is 9.32. The van der Waals surface area contributed by atoms with Crippen molar-refractivity contribution in [3.63, 3.8) is 0 Å². The second-order valence-electron chi connectivity index (χ2n) is 18.3. The Hall–Kier alpha value is -1.27. The van der Waals surface area contributed by atoms with Gasteiger partial charge >= 0.3 is 6.16 Å². The number of rotatable bonds is 8. The highest BCUT2D eigenvalue weighted by Gasteiger charge is 2.71. The van der Waals surface area contributed by atoms with Crippen LogP contribution in [0.4, 0.5) is 4.79 Å². The van der Waals surface area contributed by atoms with Crippen molar-refractivity contribution in [1.82, 2.24) is 0 Å². The molecule has 6 rings (SSSR count). The average molecular weight is 693 g/mol. The molecule has 0 aromatic heterocycles. The number of ether oxygens (including phenoxy) is 4. The molecule has 5 unspecified atom stereocenters. The van der Waals surface area contributed by atoms with E-state index in [9.17, 15) is 30.3 Å². The van der Waals surface area contributed by atoms with Gasteiger partial charge in [-0.1, -0.05) is 46.8 Å². The number of carbonyl (C=O) groups excluding carboxylic acids is 1. The molecular formula is C39H64O10. The Morgan fingerprint density at radius 3 is 2.22 bits per heavy atom. The summed E-state index contributed by atoms with van der Waals surface area (Å²) in [5, 5.41) is 50.3. The summed E-state index contributed by atoms with van der Waals surface area (Å²) in [4.78, 5) is 12.9. The highest BCUT2D eigenvalue weighted by molar-refractivity contribution is 5.60. The standard InChI is InChI=1S/C39H64O10/c1-22(2)23-10-15-39(21-41)17-16-37(6)24(29(23)39)8-9-27-36(5)13-12-28(35(3,4)26(36)11-14-38(27,37)7)49-34(45)47-19-18-46-33-32(44)31(43)30(42)25(20-40)48-33/h23-33,40-44H,1,8-21H2,2-7H3/t23-,24?,25+,26?,27?,28?,29?,30+,31-,32+,33+,36-,37+,38+,39+/m0/s1. The molecule has 0 aromatic carbocycles. The molecule has 6 fully saturated rings. The molecule has 10 heteroatoms. The van der Waals surface area contributed by atoms with Crippen LogP contribution in [0.15, 0.2) is 12.2 Å². The Morgan fingerprint density at radius 2 is 1.55 bits per heavy atom. The normalized spacial score (nSPS) is 50.3. The molecule has 280 valence electrons. The quantitative estimate of drug-likeness (QED) is 0.134. The van der Waals surface area contributed by atoms with Crippen LogP contribution in [0.1, 0.15) is 106 Å². The summed E-state index contributed by atoms with van der Waals surface area (Å²) in [6.45, 7) is 18.4. The van der Waals surface area contributed by atoms with Crippen molar-refractivity contribution in [1.29, 1.82) is 0 Å². The lowest BCUT2D eigenvalue weighted by Crippen LogP contribution is -2.67. The van der Waals surface area contributed by atoms with Crippen LogP contribution in [-0.2, 0) is 18.9 Å². The molecule has 1 saturated heterocycles. The van der Waals surface area contributed by atoms with Gasteiger partial charge in [-0.3, -0.25) is 0 Å². The van der Waals surface area contributed by atoms with Gasteiger partial charge < -0.3 is 44.5 Å². The van der Waals surface area contributed by atoms with Crippen molar-refractivity contribution in [3.05, 3.63) is 12.2 Å². The summed E-state index contributed by atoms with van der Waals surface area (Å²) in [7, 11) is 0. The van der Waals surface area contributed by atoms with Crippen LogP contribution >= 0.6 is 0 Å². The summed E-state index contributed by atoms with van der Waals surface area (Å²) in [6, 6.07) is 0. The third-order valence-electron chi connectivity index (χ3n) is 16.2. The fraction of sp³-hybridized carbons (Fsp3) is 0.923. The Kier molecular flexibility index (Phi) is 10.2. The molecule has 0 radical (unpaired) electrons. The van der Waals surface area contributed by atoms with E-state index >= 15 is 0 Å². The van der Waals surface area contributed by atoms with E-state index in [4.69, 9.17) is 18.9 Å². The van der Waals surface area contributed by atoms with Crippen molar-refractivity contribution >= 4 is 6.16 Å². The number of carbonyl (C=O) groups is 1. The maximum atomic E-state index is 12.9. The summed E-state index contributed by atoms with van der Waals surface area (Å²) in [6.07, 6.45) is 3.14. The van der Waals surface area contributed by atoms with Gasteiger partial charge in [-0.05, 0) is 122 Å². The highest BCUT2D eigenvalue weighted by atomic mass is 16.7. The van der Waals surface area contributed by atoms with Crippen LogP contribution in [0.25, 0.3) is 0 Å². The Bertz CT molecular complexity index is 1240. The van der Waals surface area contributed by atoms with Gasteiger partial charge in [0, 0.05) is 12.0 Å². The molecule has 5 N–H and O–H groups in total. The van der Waals surface area contributed by atoms with Crippen LogP contribution in [-0.4, -0.2) is 94.9 Å². The molecule has 0 amide bonds. The molecule has 6 aliphatic rings. The van der Waals surface area contributed by atoms with Crippen LogP contribution in [0.3, 0.4) is 0 Å². The van der Waals surface area contributed by atoms with E-state index < -0.39 is 43.5 Å². The number of hydrogen-bond acceptors (Lipinski definition) is 10. The molecule has 15 atom stereocenters. The van der Waals surface area contributed by atoms with Crippen LogP contribution in [0.2, 0.25) is 0 Å². The first kappa shape index (κ1) is 37.5. The molecule has 49 heavy (non-hydrogen) atoms. The van der Waals surface area contributed by atoms with Crippen LogP contribution in [0.5, 0.6) is 0 Å². The topological polar surface area (TPSA) is 155 Å². The average Bonchev–Trinajstić information content (AvgIpc) is 3.45. The molecule has 1 aliphatic heterocycles. The van der Waals surface area contributed by atoms with E-state index in [-0.39, 0.29) is 46.4 Å². The lowest BCUT2D eigenvalue weighted by Gasteiger charge is -2.73.